The first kappa shape index (κ1) is 20.3. The lowest BCUT2D eigenvalue weighted by Gasteiger charge is -2.34. The van der Waals surface area contributed by atoms with Gasteiger partial charge in [-0.2, -0.15) is 0 Å². The maximum atomic E-state index is 13.4. The molecule has 7 nitrogen and oxygen atoms in total. The number of aryl methyl sites for hydroxylation is 1. The smallest absolute Gasteiger partial charge is 0.255 e. The number of carbonyl (C=O) groups is 3. The molecule has 0 bridgehead atoms. The average molecular weight is 431 g/mol. The summed E-state index contributed by atoms with van der Waals surface area (Å²) in [5, 5.41) is 1.10. The second-order valence-corrected chi connectivity index (χ2v) is 8.52. The first-order valence-corrected chi connectivity index (χ1v) is 10.9. The first-order valence-electron chi connectivity index (χ1n) is 10.9. The predicted octanol–water partition coefficient (Wildman–Crippen LogP) is 2.33. The maximum Gasteiger partial charge on any atom is 0.255 e. The van der Waals surface area contributed by atoms with Crippen LogP contribution in [0.2, 0.25) is 0 Å². The number of aromatic nitrogens is 1. The fraction of sp³-hybridized carbons (Fsp3) is 0.320. The van der Waals surface area contributed by atoms with Crippen LogP contribution in [0.3, 0.4) is 0 Å². The molecule has 0 radical (unpaired) electrons. The van der Waals surface area contributed by atoms with Gasteiger partial charge in [-0.05, 0) is 24.6 Å². The normalized spacial score (nSPS) is 18.4. The fourth-order valence-corrected chi connectivity index (χ4v) is 5.06. The molecule has 164 valence electrons. The number of fused-ring (bicyclic) bond motifs is 2. The van der Waals surface area contributed by atoms with E-state index in [9.17, 15) is 14.4 Å². The van der Waals surface area contributed by atoms with E-state index in [1.54, 1.807) is 14.7 Å². The topological polar surface area (TPSA) is 65.9 Å². The van der Waals surface area contributed by atoms with Gasteiger partial charge in [0, 0.05) is 61.0 Å². The minimum atomic E-state index is -0.315. The summed E-state index contributed by atoms with van der Waals surface area (Å²) < 4.78 is 2.15. The molecule has 7 heteroatoms. The second-order valence-electron chi connectivity index (χ2n) is 8.52. The van der Waals surface area contributed by atoms with E-state index in [2.05, 4.69) is 23.6 Å². The highest BCUT2D eigenvalue weighted by Crippen LogP contribution is 2.43. The van der Waals surface area contributed by atoms with Crippen molar-refractivity contribution in [3.63, 3.8) is 0 Å². The van der Waals surface area contributed by atoms with E-state index in [0.29, 0.717) is 31.7 Å². The third-order valence-electron chi connectivity index (χ3n) is 6.90. The van der Waals surface area contributed by atoms with Gasteiger partial charge >= 0.3 is 0 Å². The van der Waals surface area contributed by atoms with Crippen molar-refractivity contribution in [1.29, 1.82) is 0 Å². The van der Waals surface area contributed by atoms with Gasteiger partial charge in [0.15, 0.2) is 0 Å². The molecular weight excluding hydrogens is 404 g/mol. The highest BCUT2D eigenvalue weighted by molar-refractivity contribution is 6.02. The van der Waals surface area contributed by atoms with Crippen LogP contribution in [0.25, 0.3) is 10.9 Å². The Kier molecular flexibility index (Phi) is 4.96. The van der Waals surface area contributed by atoms with E-state index in [1.807, 2.05) is 43.4 Å². The van der Waals surface area contributed by atoms with Crippen molar-refractivity contribution >= 4 is 29.1 Å². The van der Waals surface area contributed by atoms with E-state index in [-0.39, 0.29) is 24.4 Å². The SMILES string of the molecule is Cc1c([C@H]2c3ccccc3C(=O)N2CC(=O)N2CCN(C=O)CC2)c2ccccc2n1C. The molecule has 32 heavy (non-hydrogen) atoms. The third-order valence-corrected chi connectivity index (χ3v) is 6.90. The number of nitrogens with zero attached hydrogens (tertiary/aromatic N) is 4. The summed E-state index contributed by atoms with van der Waals surface area (Å²) in [4.78, 5) is 42.8. The number of hydrogen-bond acceptors (Lipinski definition) is 3. The Morgan fingerprint density at radius 3 is 2.47 bits per heavy atom. The van der Waals surface area contributed by atoms with E-state index in [4.69, 9.17) is 0 Å². The van der Waals surface area contributed by atoms with Gasteiger partial charge in [0.25, 0.3) is 5.91 Å². The fourth-order valence-electron chi connectivity index (χ4n) is 5.06. The van der Waals surface area contributed by atoms with Gasteiger partial charge in [-0.1, -0.05) is 36.4 Å². The lowest BCUT2D eigenvalue weighted by atomic mass is 9.95. The molecule has 0 N–H and O–H groups in total. The molecule has 2 aliphatic rings. The number of carbonyl (C=O) groups excluding carboxylic acids is 3. The molecule has 3 amide bonds. The minimum absolute atomic E-state index is 0.0158. The van der Waals surface area contributed by atoms with Crippen molar-refractivity contribution in [2.24, 2.45) is 7.05 Å². The maximum absolute atomic E-state index is 13.4. The van der Waals surface area contributed by atoms with E-state index >= 15 is 0 Å². The number of amides is 3. The highest BCUT2D eigenvalue weighted by Gasteiger charge is 2.41. The zero-order valence-corrected chi connectivity index (χ0v) is 18.3. The predicted molar refractivity (Wildman–Crippen MR) is 121 cm³/mol. The van der Waals surface area contributed by atoms with Crippen molar-refractivity contribution in [2.45, 2.75) is 13.0 Å². The quantitative estimate of drug-likeness (QED) is 0.597. The molecule has 0 saturated carbocycles. The van der Waals surface area contributed by atoms with Crippen LogP contribution in [0.1, 0.15) is 33.2 Å². The van der Waals surface area contributed by atoms with Gasteiger partial charge in [0.05, 0.1) is 6.04 Å². The van der Waals surface area contributed by atoms with Crippen LogP contribution in [0.4, 0.5) is 0 Å². The molecule has 3 heterocycles. The van der Waals surface area contributed by atoms with E-state index in [1.165, 1.54) is 0 Å². The van der Waals surface area contributed by atoms with E-state index in [0.717, 1.165) is 34.1 Å². The molecule has 1 fully saturated rings. The molecule has 0 aliphatic carbocycles. The van der Waals surface area contributed by atoms with Crippen LogP contribution in [0.15, 0.2) is 48.5 Å². The molecule has 0 spiro atoms. The van der Waals surface area contributed by atoms with Crippen molar-refractivity contribution in [1.82, 2.24) is 19.3 Å². The summed E-state index contributed by atoms with van der Waals surface area (Å²) >= 11 is 0. The number of hydrogen-bond donors (Lipinski definition) is 0. The Labute approximate surface area is 186 Å². The standard InChI is InChI=1S/C25H26N4O3/c1-17-23(20-9-5-6-10-21(20)26(17)2)24-18-7-3-4-8-19(18)25(32)29(24)15-22(31)28-13-11-27(16-30)12-14-28/h3-10,16,24H,11-15H2,1-2H3/t24-/m1/s1. The molecule has 2 aromatic carbocycles. The first-order chi connectivity index (χ1) is 15.5. The molecule has 1 atom stereocenters. The zero-order valence-electron chi connectivity index (χ0n) is 18.3. The molecule has 0 unspecified atom stereocenters. The van der Waals surface area contributed by atoms with E-state index < -0.39 is 0 Å². The van der Waals surface area contributed by atoms with Gasteiger partial charge in [-0.15, -0.1) is 0 Å². The molecule has 5 rings (SSSR count). The van der Waals surface area contributed by atoms with Gasteiger partial charge in [-0.3, -0.25) is 14.4 Å². The summed E-state index contributed by atoms with van der Waals surface area (Å²) in [6.07, 6.45) is 0.821. The van der Waals surface area contributed by atoms with Crippen molar-refractivity contribution < 1.29 is 14.4 Å². The lowest BCUT2D eigenvalue weighted by molar-refractivity contribution is -0.135. The largest absolute Gasteiger partial charge is 0.348 e. The Hall–Kier alpha value is -3.61. The van der Waals surface area contributed by atoms with Crippen LogP contribution in [0, 0.1) is 6.92 Å². The van der Waals surface area contributed by atoms with Crippen LogP contribution in [-0.2, 0) is 16.6 Å². The molecule has 1 aromatic heterocycles. The van der Waals surface area contributed by atoms with Crippen LogP contribution >= 0.6 is 0 Å². The Bertz CT molecular complexity index is 1220. The van der Waals surface area contributed by atoms with Crippen molar-refractivity contribution in [3.8, 4) is 0 Å². The van der Waals surface area contributed by atoms with Crippen molar-refractivity contribution in [2.75, 3.05) is 32.7 Å². The van der Waals surface area contributed by atoms with Gasteiger partial charge < -0.3 is 19.3 Å². The van der Waals surface area contributed by atoms with Crippen LogP contribution in [-0.4, -0.2) is 70.2 Å². The Morgan fingerprint density at radius 1 is 1.03 bits per heavy atom. The number of para-hydroxylation sites is 1. The number of piperazine rings is 1. The van der Waals surface area contributed by atoms with Crippen LogP contribution in [0.5, 0.6) is 0 Å². The summed E-state index contributed by atoms with van der Waals surface area (Å²) in [5.41, 5.74) is 4.85. The number of benzene rings is 2. The monoisotopic (exact) mass is 430 g/mol. The highest BCUT2D eigenvalue weighted by atomic mass is 16.2. The summed E-state index contributed by atoms with van der Waals surface area (Å²) in [6.45, 7) is 4.11. The Morgan fingerprint density at radius 2 is 1.72 bits per heavy atom. The minimum Gasteiger partial charge on any atom is -0.348 e. The van der Waals surface area contributed by atoms with Gasteiger partial charge in [-0.25, -0.2) is 0 Å². The molecule has 1 saturated heterocycles. The van der Waals surface area contributed by atoms with Gasteiger partial charge in [0.2, 0.25) is 12.3 Å². The second kappa shape index (κ2) is 7.82. The number of rotatable bonds is 4. The third kappa shape index (κ3) is 3.07. The van der Waals surface area contributed by atoms with Gasteiger partial charge in [0.1, 0.15) is 6.54 Å². The summed E-state index contributed by atoms with van der Waals surface area (Å²) in [5.74, 6) is -0.197. The summed E-state index contributed by atoms with van der Waals surface area (Å²) in [7, 11) is 2.03. The lowest BCUT2D eigenvalue weighted by Crippen LogP contribution is -2.51. The summed E-state index contributed by atoms with van der Waals surface area (Å²) in [6, 6.07) is 15.5. The molecule has 3 aromatic rings. The zero-order chi connectivity index (χ0) is 22.4. The van der Waals surface area contributed by atoms with Crippen molar-refractivity contribution in [3.05, 3.63) is 70.9 Å². The molecular formula is C25H26N4O3. The average Bonchev–Trinajstić information content (AvgIpc) is 3.24. The molecule has 2 aliphatic heterocycles. The van der Waals surface area contributed by atoms with Crippen LogP contribution < -0.4 is 0 Å². The Balaban J connectivity index is 1.54.